The van der Waals surface area contributed by atoms with Gasteiger partial charge < -0.3 is 0 Å². The van der Waals surface area contributed by atoms with Crippen LogP contribution in [0.5, 0.6) is 0 Å². The van der Waals surface area contributed by atoms with Crippen molar-refractivity contribution in [2.24, 2.45) is 23.7 Å². The molecule has 8 nitrogen and oxygen atoms in total. The molecule has 170 valence electrons. The number of hydrogen-bond donors (Lipinski definition) is 2. The SMILES string of the molecule is CC(C)COP(=O)(NCCNP(=O)(OCC(C)C)OCC(C)C)OCC(C)C. The molecule has 0 bridgehead atoms. The van der Waals surface area contributed by atoms with Crippen LogP contribution in [0.3, 0.4) is 0 Å². The molecule has 0 unspecified atom stereocenters. The Kier molecular flexibility index (Phi) is 14.4. The highest BCUT2D eigenvalue weighted by molar-refractivity contribution is 7.52. The minimum absolute atomic E-state index is 0.227. The van der Waals surface area contributed by atoms with Gasteiger partial charge in [-0.15, -0.1) is 0 Å². The predicted molar refractivity (Wildman–Crippen MR) is 114 cm³/mol. The van der Waals surface area contributed by atoms with E-state index in [1.165, 1.54) is 0 Å². The molecule has 0 aliphatic heterocycles. The lowest BCUT2D eigenvalue weighted by Crippen LogP contribution is -2.28. The fourth-order valence-corrected chi connectivity index (χ4v) is 4.89. The molecule has 0 aromatic rings. The van der Waals surface area contributed by atoms with Crippen LogP contribution in [-0.2, 0) is 27.2 Å². The second kappa shape index (κ2) is 14.3. The van der Waals surface area contributed by atoms with Crippen molar-refractivity contribution in [3.63, 3.8) is 0 Å². The Morgan fingerprint density at radius 2 is 0.750 bits per heavy atom. The molecule has 0 fully saturated rings. The first-order valence-corrected chi connectivity index (χ1v) is 13.2. The van der Waals surface area contributed by atoms with Crippen LogP contribution in [0.2, 0.25) is 0 Å². The van der Waals surface area contributed by atoms with Gasteiger partial charge in [-0.25, -0.2) is 19.3 Å². The van der Waals surface area contributed by atoms with Gasteiger partial charge in [-0.05, 0) is 23.7 Å². The van der Waals surface area contributed by atoms with Gasteiger partial charge in [0, 0.05) is 13.1 Å². The van der Waals surface area contributed by atoms with E-state index >= 15 is 0 Å². The Balaban J connectivity index is 4.69. The third-order valence-electron chi connectivity index (χ3n) is 3.05. The third-order valence-corrected chi connectivity index (χ3v) is 6.22. The maximum Gasteiger partial charge on any atom is 0.405 e. The molecule has 0 spiro atoms. The summed E-state index contributed by atoms with van der Waals surface area (Å²) in [6.45, 7) is 17.5. The molecule has 0 aliphatic carbocycles. The molecule has 0 aromatic heterocycles. The van der Waals surface area contributed by atoms with Crippen molar-refractivity contribution in [2.45, 2.75) is 55.4 Å². The molecule has 28 heavy (non-hydrogen) atoms. The Bertz CT molecular complexity index is 424. The van der Waals surface area contributed by atoms with Crippen molar-refractivity contribution in [3.05, 3.63) is 0 Å². The average Bonchev–Trinajstić information content (AvgIpc) is 2.59. The Morgan fingerprint density at radius 3 is 0.929 bits per heavy atom. The van der Waals surface area contributed by atoms with Crippen molar-refractivity contribution in [3.8, 4) is 0 Å². The molecule has 0 radical (unpaired) electrons. The standard InChI is InChI=1S/C18H42N2O6P2/c1-15(2)11-23-27(21,24-12-16(3)4)19-9-10-20-28(22,25-13-17(5)6)26-14-18(7)8/h15-18H,9-14H2,1-8H3,(H,19,21)(H,20,22). The van der Waals surface area contributed by atoms with Gasteiger partial charge in [0.05, 0.1) is 26.4 Å². The highest BCUT2D eigenvalue weighted by Crippen LogP contribution is 2.46. The van der Waals surface area contributed by atoms with Crippen LogP contribution >= 0.6 is 15.5 Å². The molecule has 0 saturated heterocycles. The first-order chi connectivity index (χ1) is 12.9. The summed E-state index contributed by atoms with van der Waals surface area (Å²) in [7, 11) is -6.87. The fourth-order valence-electron chi connectivity index (χ4n) is 1.63. The van der Waals surface area contributed by atoms with Crippen LogP contribution in [0, 0.1) is 23.7 Å². The minimum atomic E-state index is -3.43. The zero-order valence-electron chi connectivity index (χ0n) is 18.9. The van der Waals surface area contributed by atoms with Gasteiger partial charge in [0.1, 0.15) is 0 Å². The van der Waals surface area contributed by atoms with Crippen LogP contribution < -0.4 is 10.2 Å². The van der Waals surface area contributed by atoms with E-state index in [1.807, 2.05) is 55.4 Å². The quantitative estimate of drug-likeness (QED) is 0.237. The van der Waals surface area contributed by atoms with Gasteiger partial charge in [0.2, 0.25) is 0 Å². The van der Waals surface area contributed by atoms with Gasteiger partial charge >= 0.3 is 15.5 Å². The van der Waals surface area contributed by atoms with Crippen molar-refractivity contribution < 1.29 is 27.2 Å². The minimum Gasteiger partial charge on any atom is -0.297 e. The van der Waals surface area contributed by atoms with E-state index in [2.05, 4.69) is 10.2 Å². The van der Waals surface area contributed by atoms with E-state index in [-0.39, 0.29) is 36.8 Å². The maximum atomic E-state index is 12.9. The van der Waals surface area contributed by atoms with E-state index in [0.29, 0.717) is 26.4 Å². The van der Waals surface area contributed by atoms with Crippen LogP contribution in [0.1, 0.15) is 55.4 Å². The van der Waals surface area contributed by atoms with Crippen molar-refractivity contribution in [1.82, 2.24) is 10.2 Å². The second-order valence-corrected chi connectivity index (χ2v) is 12.2. The van der Waals surface area contributed by atoms with Crippen molar-refractivity contribution in [2.75, 3.05) is 39.5 Å². The van der Waals surface area contributed by atoms with E-state index in [4.69, 9.17) is 18.1 Å². The lowest BCUT2D eigenvalue weighted by molar-refractivity contribution is 0.162. The summed E-state index contributed by atoms with van der Waals surface area (Å²) >= 11 is 0. The second-order valence-electron chi connectivity index (χ2n) is 8.57. The monoisotopic (exact) mass is 444 g/mol. The van der Waals surface area contributed by atoms with Gasteiger partial charge in [0.15, 0.2) is 0 Å². The highest BCUT2D eigenvalue weighted by atomic mass is 31.2. The molecule has 0 aliphatic rings. The van der Waals surface area contributed by atoms with Crippen molar-refractivity contribution >= 4 is 15.5 Å². The Morgan fingerprint density at radius 1 is 0.536 bits per heavy atom. The van der Waals surface area contributed by atoms with Gasteiger partial charge in [0.25, 0.3) is 0 Å². The van der Waals surface area contributed by atoms with Gasteiger partial charge in [-0.2, -0.15) is 0 Å². The topological polar surface area (TPSA) is 95.1 Å². The zero-order valence-corrected chi connectivity index (χ0v) is 20.7. The Hall–Kier alpha value is 0.220. The molecular formula is C18H42N2O6P2. The van der Waals surface area contributed by atoms with E-state index < -0.39 is 15.5 Å². The molecule has 0 atom stereocenters. The molecule has 10 heteroatoms. The molecule has 2 N–H and O–H groups in total. The summed E-state index contributed by atoms with van der Waals surface area (Å²) in [5.74, 6) is 0.907. The Labute approximate surface area is 172 Å². The first kappa shape index (κ1) is 28.2. The third kappa shape index (κ3) is 15.1. The predicted octanol–water partition coefficient (Wildman–Crippen LogP) is 5.07. The van der Waals surface area contributed by atoms with E-state index in [1.54, 1.807) is 0 Å². The first-order valence-electron chi connectivity index (χ1n) is 10.2. The van der Waals surface area contributed by atoms with E-state index in [9.17, 15) is 9.13 Å². The van der Waals surface area contributed by atoms with Crippen LogP contribution in [0.4, 0.5) is 0 Å². The number of nitrogens with one attached hydrogen (secondary N) is 2. The maximum absolute atomic E-state index is 12.9. The summed E-state index contributed by atoms with van der Waals surface area (Å²) in [6, 6.07) is 0. The molecule has 0 amide bonds. The van der Waals surface area contributed by atoms with Crippen LogP contribution in [-0.4, -0.2) is 39.5 Å². The van der Waals surface area contributed by atoms with E-state index in [0.717, 1.165) is 0 Å². The largest absolute Gasteiger partial charge is 0.405 e. The number of rotatable bonds is 17. The fraction of sp³-hybridized carbons (Fsp3) is 1.00. The molecular weight excluding hydrogens is 402 g/mol. The van der Waals surface area contributed by atoms with Crippen LogP contribution in [0.15, 0.2) is 0 Å². The average molecular weight is 444 g/mol. The summed E-state index contributed by atoms with van der Waals surface area (Å²) in [6.07, 6.45) is 0. The lowest BCUT2D eigenvalue weighted by atomic mass is 10.2. The molecule has 0 rings (SSSR count). The van der Waals surface area contributed by atoms with Crippen molar-refractivity contribution in [1.29, 1.82) is 0 Å². The molecule has 0 aromatic carbocycles. The van der Waals surface area contributed by atoms with Gasteiger partial charge in [-0.3, -0.25) is 18.1 Å². The smallest absolute Gasteiger partial charge is 0.297 e. The summed E-state index contributed by atoms with van der Waals surface area (Å²) in [4.78, 5) is 0. The van der Waals surface area contributed by atoms with Crippen LogP contribution in [0.25, 0.3) is 0 Å². The normalized spacial score (nSPS) is 13.4. The summed E-state index contributed by atoms with van der Waals surface area (Å²) < 4.78 is 47.7. The highest BCUT2D eigenvalue weighted by Gasteiger charge is 2.28. The van der Waals surface area contributed by atoms with Gasteiger partial charge in [-0.1, -0.05) is 55.4 Å². The zero-order chi connectivity index (χ0) is 21.8. The summed E-state index contributed by atoms with van der Waals surface area (Å²) in [5, 5.41) is 5.65. The summed E-state index contributed by atoms with van der Waals surface area (Å²) in [5.41, 5.74) is 0. The molecule has 0 saturated carbocycles. The lowest BCUT2D eigenvalue weighted by Gasteiger charge is -2.23. The molecule has 0 heterocycles. The number of hydrogen-bond acceptors (Lipinski definition) is 6.